The van der Waals surface area contributed by atoms with Crippen molar-refractivity contribution in [3.05, 3.63) is 57.2 Å². The van der Waals surface area contributed by atoms with Crippen LogP contribution in [0.3, 0.4) is 0 Å². The second-order valence-electron chi connectivity index (χ2n) is 4.61. The van der Waals surface area contributed by atoms with Gasteiger partial charge >= 0.3 is 0 Å². The summed E-state index contributed by atoms with van der Waals surface area (Å²) in [5.74, 6) is -0.103. The number of hydrogen-bond donors (Lipinski definition) is 2. The van der Waals surface area contributed by atoms with Crippen molar-refractivity contribution in [1.82, 2.24) is 0 Å². The van der Waals surface area contributed by atoms with Crippen molar-refractivity contribution in [2.75, 3.05) is 10.6 Å². The van der Waals surface area contributed by atoms with Crippen molar-refractivity contribution in [3.8, 4) is 5.75 Å². The summed E-state index contributed by atoms with van der Waals surface area (Å²) in [6, 6.07) is 12.7. The van der Waals surface area contributed by atoms with Crippen LogP contribution in [0, 0.1) is 3.57 Å². The number of aromatic hydroxyl groups is 1. The highest BCUT2D eigenvalue weighted by molar-refractivity contribution is 14.1. The molecule has 0 unspecified atom stereocenters. The summed E-state index contributed by atoms with van der Waals surface area (Å²) in [6.07, 6.45) is 2.03. The largest absolute Gasteiger partial charge is 0.507 e. The number of phenolic OH excluding ortho intramolecular Hbond substituents is 1. The zero-order valence-electron chi connectivity index (χ0n) is 11.3. The minimum atomic E-state index is -0.223. The highest BCUT2D eigenvalue weighted by Crippen LogP contribution is 2.21. The van der Waals surface area contributed by atoms with Gasteiger partial charge in [0.15, 0.2) is 0 Å². The maximum atomic E-state index is 12.2. The van der Waals surface area contributed by atoms with E-state index >= 15 is 0 Å². The molecule has 0 bridgehead atoms. The molecule has 3 nitrogen and oxygen atoms in total. The van der Waals surface area contributed by atoms with E-state index < -0.39 is 0 Å². The van der Waals surface area contributed by atoms with Crippen LogP contribution in [0.2, 0.25) is 0 Å². The Morgan fingerprint density at radius 3 is 2.76 bits per heavy atom. The van der Waals surface area contributed by atoms with Crippen molar-refractivity contribution in [2.45, 2.75) is 12.8 Å². The Balaban J connectivity index is 2.10. The Morgan fingerprint density at radius 2 is 2.05 bits per heavy atom. The van der Waals surface area contributed by atoms with Crippen LogP contribution in [0.1, 0.15) is 22.3 Å². The maximum Gasteiger partial charge on any atom is 0.255 e. The molecule has 0 radical (unpaired) electrons. The molecule has 0 saturated heterocycles. The first-order valence-corrected chi connectivity index (χ1v) is 8.75. The topological polar surface area (TPSA) is 49.3 Å². The fraction of sp³-hybridized carbons (Fsp3) is 0.188. The molecule has 2 aromatic rings. The van der Waals surface area contributed by atoms with Crippen LogP contribution < -0.4 is 5.32 Å². The van der Waals surface area contributed by atoms with E-state index in [1.54, 1.807) is 12.1 Å². The number of alkyl halides is 1. The fourth-order valence-corrected chi connectivity index (χ4v) is 2.55. The van der Waals surface area contributed by atoms with Gasteiger partial charge in [0.05, 0.1) is 3.57 Å². The summed E-state index contributed by atoms with van der Waals surface area (Å²) in [6.45, 7) is 0. The normalized spacial score (nSPS) is 10.4. The van der Waals surface area contributed by atoms with E-state index in [9.17, 15) is 9.90 Å². The third-order valence-electron chi connectivity index (χ3n) is 2.99. The maximum absolute atomic E-state index is 12.2. The Bertz CT molecular complexity index is 646. The Morgan fingerprint density at radius 1 is 1.24 bits per heavy atom. The van der Waals surface area contributed by atoms with Gasteiger partial charge in [0.2, 0.25) is 0 Å². The van der Waals surface area contributed by atoms with E-state index in [2.05, 4.69) is 27.3 Å². The van der Waals surface area contributed by atoms with Gasteiger partial charge in [0.1, 0.15) is 5.75 Å². The lowest BCUT2D eigenvalue weighted by atomic mass is 10.1. The molecule has 5 heteroatoms. The molecule has 1 amide bonds. The molecular formula is C16H15BrINO2. The Kier molecular flexibility index (Phi) is 6.05. The minimum Gasteiger partial charge on any atom is -0.507 e. The van der Waals surface area contributed by atoms with Gasteiger partial charge in [-0.25, -0.2) is 0 Å². The molecule has 0 spiro atoms. The van der Waals surface area contributed by atoms with Crippen LogP contribution in [-0.2, 0) is 6.42 Å². The second kappa shape index (κ2) is 7.79. The quantitative estimate of drug-likeness (QED) is 0.508. The van der Waals surface area contributed by atoms with Gasteiger partial charge in [-0.15, -0.1) is 0 Å². The predicted octanol–water partition coefficient (Wildman–Crippen LogP) is 4.58. The molecule has 0 fully saturated rings. The van der Waals surface area contributed by atoms with Crippen LogP contribution in [-0.4, -0.2) is 16.3 Å². The number of halogens is 2. The van der Waals surface area contributed by atoms with Crippen LogP contribution in [0.25, 0.3) is 0 Å². The number of phenols is 1. The third kappa shape index (κ3) is 4.71. The molecule has 0 heterocycles. The molecule has 0 aliphatic rings. The highest BCUT2D eigenvalue weighted by Gasteiger charge is 2.09. The van der Waals surface area contributed by atoms with Gasteiger partial charge in [-0.2, -0.15) is 0 Å². The molecule has 2 N–H and O–H groups in total. The van der Waals surface area contributed by atoms with Gasteiger partial charge in [-0.1, -0.05) is 28.1 Å². The number of amides is 1. The van der Waals surface area contributed by atoms with Gasteiger partial charge in [0.25, 0.3) is 5.91 Å². The number of carbonyl (C=O) groups is 1. The Hall–Kier alpha value is -1.08. The lowest BCUT2D eigenvalue weighted by Crippen LogP contribution is -2.12. The molecule has 0 aliphatic heterocycles. The van der Waals surface area contributed by atoms with E-state index in [-0.39, 0.29) is 11.7 Å². The molecule has 0 saturated carbocycles. The molecule has 0 aliphatic carbocycles. The standard InChI is InChI=1S/C16H15BrINO2/c17-8-2-4-11-3-1-5-13(9-11)19-16(21)12-6-7-14(18)15(20)10-12/h1,3,5-7,9-10,20H,2,4,8H2,(H,19,21). The summed E-state index contributed by atoms with van der Waals surface area (Å²) >= 11 is 5.43. The summed E-state index contributed by atoms with van der Waals surface area (Å²) in [5, 5.41) is 13.5. The monoisotopic (exact) mass is 459 g/mol. The van der Waals surface area contributed by atoms with Gasteiger partial charge in [0, 0.05) is 16.6 Å². The van der Waals surface area contributed by atoms with Crippen LogP contribution in [0.15, 0.2) is 42.5 Å². The lowest BCUT2D eigenvalue weighted by Gasteiger charge is -2.08. The lowest BCUT2D eigenvalue weighted by molar-refractivity contribution is 0.102. The average Bonchev–Trinajstić information content (AvgIpc) is 2.48. The van der Waals surface area contributed by atoms with E-state index in [0.29, 0.717) is 5.56 Å². The van der Waals surface area contributed by atoms with Crippen LogP contribution >= 0.6 is 38.5 Å². The third-order valence-corrected chi connectivity index (χ3v) is 4.47. The predicted molar refractivity (Wildman–Crippen MR) is 97.3 cm³/mol. The zero-order chi connectivity index (χ0) is 15.2. The number of hydrogen-bond acceptors (Lipinski definition) is 2. The summed E-state index contributed by atoms with van der Waals surface area (Å²) in [5.41, 5.74) is 2.40. The number of aryl methyl sites for hydroxylation is 1. The smallest absolute Gasteiger partial charge is 0.255 e. The first-order valence-electron chi connectivity index (χ1n) is 6.55. The summed E-state index contributed by atoms with van der Waals surface area (Å²) in [4.78, 5) is 12.2. The molecule has 21 heavy (non-hydrogen) atoms. The van der Waals surface area contributed by atoms with Crippen molar-refractivity contribution < 1.29 is 9.90 Å². The van der Waals surface area contributed by atoms with Crippen molar-refractivity contribution in [2.24, 2.45) is 0 Å². The number of rotatable bonds is 5. The zero-order valence-corrected chi connectivity index (χ0v) is 15.0. The second-order valence-corrected chi connectivity index (χ2v) is 6.57. The molecule has 2 rings (SSSR count). The highest BCUT2D eigenvalue weighted by atomic mass is 127. The number of anilines is 1. The van der Waals surface area contributed by atoms with E-state index in [1.807, 2.05) is 40.8 Å². The molecule has 0 aromatic heterocycles. The molecule has 0 atom stereocenters. The first kappa shape index (κ1) is 16.3. The van der Waals surface area contributed by atoms with E-state index in [0.717, 1.165) is 27.4 Å². The molecule has 110 valence electrons. The SMILES string of the molecule is O=C(Nc1cccc(CCCBr)c1)c1ccc(I)c(O)c1. The first-order chi connectivity index (χ1) is 10.1. The molecular weight excluding hydrogens is 445 g/mol. The van der Waals surface area contributed by atoms with Crippen LogP contribution in [0.5, 0.6) is 5.75 Å². The summed E-state index contributed by atoms with van der Waals surface area (Å²) in [7, 11) is 0. The minimum absolute atomic E-state index is 0.120. The number of benzene rings is 2. The van der Waals surface area contributed by atoms with Gasteiger partial charge < -0.3 is 10.4 Å². The molecule has 2 aromatic carbocycles. The Labute approximate surface area is 146 Å². The van der Waals surface area contributed by atoms with Crippen molar-refractivity contribution in [1.29, 1.82) is 0 Å². The van der Waals surface area contributed by atoms with Crippen molar-refractivity contribution in [3.63, 3.8) is 0 Å². The van der Waals surface area contributed by atoms with Gasteiger partial charge in [-0.05, 0) is 71.3 Å². The number of nitrogens with one attached hydrogen (secondary N) is 1. The summed E-state index contributed by atoms with van der Waals surface area (Å²) < 4.78 is 0.723. The van der Waals surface area contributed by atoms with Crippen molar-refractivity contribution >= 4 is 50.1 Å². The number of carbonyl (C=O) groups excluding carboxylic acids is 1. The van der Waals surface area contributed by atoms with Crippen LogP contribution in [0.4, 0.5) is 5.69 Å². The average molecular weight is 460 g/mol. The van der Waals surface area contributed by atoms with E-state index in [4.69, 9.17) is 0 Å². The fourth-order valence-electron chi connectivity index (χ4n) is 1.93. The van der Waals surface area contributed by atoms with E-state index in [1.165, 1.54) is 11.6 Å². The van der Waals surface area contributed by atoms with Gasteiger partial charge in [-0.3, -0.25) is 4.79 Å².